The Hall–Kier alpha value is -8.64. The van der Waals surface area contributed by atoms with Crippen molar-refractivity contribution < 1.29 is 4.42 Å². The number of nitriles is 1. The molecule has 61 heavy (non-hydrogen) atoms. The zero-order valence-corrected chi connectivity index (χ0v) is 32.5. The van der Waals surface area contributed by atoms with Crippen LogP contribution in [0.15, 0.2) is 186 Å². The number of rotatable bonds is 4. The minimum absolute atomic E-state index is 0.409. The lowest BCUT2D eigenvalue weighted by Gasteiger charge is -2.25. The third-order valence-electron chi connectivity index (χ3n) is 12.7. The number of hydrogen-bond acceptors (Lipinski definition) is 2. The molecule has 3 heterocycles. The van der Waals surface area contributed by atoms with Gasteiger partial charge in [-0.25, -0.2) is 4.85 Å². The molecule has 0 aliphatic rings. The topological polar surface area (TPSA) is 51.1 Å². The fraction of sp³-hybridized carbons (Fsp3) is 0. The minimum atomic E-state index is 0.409. The van der Waals surface area contributed by atoms with Crippen molar-refractivity contribution >= 4 is 92.8 Å². The lowest BCUT2D eigenvalue weighted by Crippen LogP contribution is -2.08. The third kappa shape index (κ3) is 4.36. The van der Waals surface area contributed by atoms with Gasteiger partial charge in [0.25, 0.3) is 0 Å². The summed E-state index contributed by atoms with van der Waals surface area (Å²) in [5.41, 5.74) is 10.6. The maximum Gasteiger partial charge on any atom is 0.220 e. The Balaban J connectivity index is 1.34. The zero-order valence-electron chi connectivity index (χ0n) is 32.5. The van der Waals surface area contributed by atoms with E-state index in [9.17, 15) is 11.8 Å². The number of hydrogen-bond donors (Lipinski definition) is 0. The smallest absolute Gasteiger partial charge is 0.220 e. The summed E-state index contributed by atoms with van der Waals surface area (Å²) in [4.78, 5) is 4.49. The lowest BCUT2D eigenvalue weighted by atomic mass is 9.88. The lowest BCUT2D eigenvalue weighted by molar-refractivity contribution is 0.671. The van der Waals surface area contributed by atoms with Crippen molar-refractivity contribution in [1.29, 1.82) is 5.26 Å². The van der Waals surface area contributed by atoms with E-state index < -0.39 is 0 Å². The summed E-state index contributed by atoms with van der Waals surface area (Å²) in [5.74, 6) is 0. The number of aromatic nitrogens is 2. The predicted octanol–water partition coefficient (Wildman–Crippen LogP) is 15.3. The summed E-state index contributed by atoms with van der Waals surface area (Å²) in [6.45, 7) is 9.18. The van der Waals surface area contributed by atoms with Crippen molar-refractivity contribution in [1.82, 2.24) is 9.13 Å². The summed E-state index contributed by atoms with van der Waals surface area (Å²) < 4.78 is 11.4. The highest BCUT2D eigenvalue weighted by molar-refractivity contribution is 6.35. The van der Waals surface area contributed by atoms with Gasteiger partial charge < -0.3 is 13.6 Å². The van der Waals surface area contributed by atoms with E-state index in [4.69, 9.17) is 4.42 Å². The third-order valence-corrected chi connectivity index (χ3v) is 12.7. The molecule has 0 amide bonds. The number of para-hydroxylation sites is 2. The molecule has 0 unspecified atom stereocenters. The quantitative estimate of drug-likeness (QED) is 0.132. The molecule has 0 N–H and O–H groups in total. The molecule has 13 aromatic rings. The average Bonchev–Trinajstić information content (AvgIpc) is 3.99. The second kappa shape index (κ2) is 12.4. The molecule has 5 heteroatoms. The molecule has 0 saturated carbocycles. The van der Waals surface area contributed by atoms with Gasteiger partial charge in [-0.05, 0) is 63.0 Å². The standard InChI is InChI=1S/C56H30N4O/c1-58-52-48(33-16-4-2-5-17-33)43(32-57)53(60-44-26-12-10-22-37(44)41-30-31-42-38-23-11-13-29-47(38)61-56(42)54(41)60)49(34-18-6-3-7-19-34)55(52)59-45-27-14-24-39-35-20-8-9-21-36(35)40-25-15-28-46(59)51(40)50(39)45/h2-31H. The fourth-order valence-electron chi connectivity index (χ4n) is 10.3. The summed E-state index contributed by atoms with van der Waals surface area (Å²) in [6.07, 6.45) is 0. The van der Waals surface area contributed by atoms with E-state index in [-0.39, 0.29) is 0 Å². The van der Waals surface area contributed by atoms with Gasteiger partial charge in [0.2, 0.25) is 5.69 Å². The molecule has 0 aliphatic heterocycles. The minimum Gasteiger partial charge on any atom is -0.454 e. The predicted molar refractivity (Wildman–Crippen MR) is 250 cm³/mol. The molecule has 0 spiro atoms. The van der Waals surface area contributed by atoms with Gasteiger partial charge in [-0.3, -0.25) is 0 Å². The zero-order chi connectivity index (χ0) is 40.3. The van der Waals surface area contributed by atoms with Crippen molar-refractivity contribution in [2.45, 2.75) is 0 Å². The van der Waals surface area contributed by atoms with Crippen LogP contribution in [0, 0.1) is 17.9 Å². The maximum absolute atomic E-state index is 11.8. The Morgan fingerprint density at radius 2 is 0.967 bits per heavy atom. The van der Waals surface area contributed by atoms with Crippen molar-refractivity contribution in [3.8, 4) is 39.7 Å². The van der Waals surface area contributed by atoms with Crippen LogP contribution in [-0.2, 0) is 0 Å². The Bertz CT molecular complexity index is 3970. The Morgan fingerprint density at radius 3 is 1.61 bits per heavy atom. The molecule has 0 atom stereocenters. The van der Waals surface area contributed by atoms with E-state index in [0.29, 0.717) is 22.5 Å². The molecule has 0 aliphatic carbocycles. The molecule has 0 radical (unpaired) electrons. The van der Waals surface area contributed by atoms with Gasteiger partial charge in [-0.1, -0.05) is 152 Å². The molecule has 3 aromatic heterocycles. The number of nitrogens with zero attached hydrogens (tertiary/aromatic N) is 4. The molecule has 0 saturated heterocycles. The monoisotopic (exact) mass is 774 g/mol. The van der Waals surface area contributed by atoms with Crippen LogP contribution < -0.4 is 0 Å². The van der Waals surface area contributed by atoms with E-state index in [2.05, 4.69) is 135 Å². The first-order valence-corrected chi connectivity index (χ1v) is 20.4. The highest BCUT2D eigenvalue weighted by atomic mass is 16.3. The van der Waals surface area contributed by atoms with Crippen LogP contribution in [0.3, 0.4) is 0 Å². The van der Waals surface area contributed by atoms with Crippen LogP contribution in [0.5, 0.6) is 0 Å². The summed E-state index contributed by atoms with van der Waals surface area (Å²) >= 11 is 0. The van der Waals surface area contributed by atoms with Gasteiger partial charge in [-0.15, -0.1) is 0 Å². The second-order valence-corrected chi connectivity index (χ2v) is 15.7. The van der Waals surface area contributed by atoms with Gasteiger partial charge in [-0.2, -0.15) is 5.26 Å². The largest absolute Gasteiger partial charge is 0.454 e. The first-order chi connectivity index (χ1) is 30.2. The molecule has 0 fully saturated rings. The summed E-state index contributed by atoms with van der Waals surface area (Å²) in [6, 6.07) is 65.5. The Labute approximate surface area is 348 Å². The van der Waals surface area contributed by atoms with Crippen LogP contribution in [0.4, 0.5) is 5.69 Å². The first kappa shape index (κ1) is 33.3. The first-order valence-electron chi connectivity index (χ1n) is 20.4. The number of benzene rings is 10. The second-order valence-electron chi connectivity index (χ2n) is 15.7. The van der Waals surface area contributed by atoms with Gasteiger partial charge in [0.1, 0.15) is 11.7 Å². The van der Waals surface area contributed by atoms with E-state index in [1.54, 1.807) is 0 Å². The van der Waals surface area contributed by atoms with Crippen molar-refractivity contribution in [3.05, 3.63) is 199 Å². The molecule has 13 rings (SSSR count). The number of fused-ring (bicyclic) bond motifs is 10. The van der Waals surface area contributed by atoms with Gasteiger partial charge in [0.15, 0.2) is 5.58 Å². The van der Waals surface area contributed by atoms with Crippen LogP contribution in [0.25, 0.3) is 126 Å². The summed E-state index contributed by atoms with van der Waals surface area (Å²) in [7, 11) is 0. The van der Waals surface area contributed by atoms with Crippen LogP contribution in [-0.4, -0.2) is 9.13 Å². The fourth-order valence-corrected chi connectivity index (χ4v) is 10.3. The van der Waals surface area contributed by atoms with Gasteiger partial charge in [0.05, 0.1) is 45.6 Å². The highest BCUT2D eigenvalue weighted by Crippen LogP contribution is 2.54. The van der Waals surface area contributed by atoms with Gasteiger partial charge >= 0.3 is 0 Å². The Kier molecular flexibility index (Phi) is 6.80. The average molecular weight is 775 g/mol. The van der Waals surface area contributed by atoms with E-state index in [0.717, 1.165) is 98.7 Å². The molecular weight excluding hydrogens is 745 g/mol. The molecular formula is C56H30N4O. The van der Waals surface area contributed by atoms with Crippen molar-refractivity contribution in [2.24, 2.45) is 0 Å². The van der Waals surface area contributed by atoms with Crippen LogP contribution >= 0.6 is 0 Å². The van der Waals surface area contributed by atoms with Crippen molar-refractivity contribution in [3.63, 3.8) is 0 Å². The van der Waals surface area contributed by atoms with Gasteiger partial charge in [0, 0.05) is 43.4 Å². The van der Waals surface area contributed by atoms with Crippen LogP contribution in [0.2, 0.25) is 0 Å². The molecule has 280 valence electrons. The maximum atomic E-state index is 11.8. The van der Waals surface area contributed by atoms with Crippen molar-refractivity contribution in [2.75, 3.05) is 0 Å². The van der Waals surface area contributed by atoms with E-state index in [1.165, 1.54) is 10.8 Å². The Morgan fingerprint density at radius 1 is 0.443 bits per heavy atom. The normalized spacial score (nSPS) is 11.9. The molecule has 10 aromatic carbocycles. The van der Waals surface area contributed by atoms with Crippen LogP contribution in [0.1, 0.15) is 5.56 Å². The number of furan rings is 1. The highest BCUT2D eigenvalue weighted by Gasteiger charge is 2.33. The van der Waals surface area contributed by atoms with E-state index >= 15 is 0 Å². The summed E-state index contributed by atoms with van der Waals surface area (Å²) in [5, 5.41) is 22.8. The molecule has 5 nitrogen and oxygen atoms in total. The molecule has 0 bridgehead atoms. The SMILES string of the molecule is [C-]#[N+]c1c(-c2ccccc2)c(C#N)c(-n2c3ccccc3c3ccc4c5ccccc5oc4c32)c(-c2ccccc2)c1-n1c2cccc3c4ccccc4c4cccc1c4c32. The van der Waals surface area contributed by atoms with E-state index in [1.807, 2.05) is 66.7 Å².